The van der Waals surface area contributed by atoms with Crippen molar-refractivity contribution < 1.29 is 15.3 Å². The maximum absolute atomic E-state index is 10.8. The summed E-state index contributed by atoms with van der Waals surface area (Å²) < 4.78 is 0. The normalized spacial score (nSPS) is 44.8. The third-order valence-electron chi connectivity index (χ3n) is 6.63. The Morgan fingerprint density at radius 3 is 2.76 bits per heavy atom. The fourth-order valence-corrected chi connectivity index (χ4v) is 5.62. The van der Waals surface area contributed by atoms with Gasteiger partial charge in [-0.2, -0.15) is 0 Å². The lowest BCUT2D eigenvalue weighted by Gasteiger charge is -2.52. The van der Waals surface area contributed by atoms with E-state index in [0.29, 0.717) is 24.0 Å². The summed E-state index contributed by atoms with van der Waals surface area (Å²) in [6.45, 7) is 2.17. The van der Waals surface area contributed by atoms with Crippen LogP contribution in [-0.4, -0.2) is 27.5 Å². The first-order valence-corrected chi connectivity index (χ1v) is 8.18. The van der Waals surface area contributed by atoms with Crippen LogP contribution in [0, 0.1) is 17.3 Å². The topological polar surface area (TPSA) is 60.7 Å². The zero-order valence-corrected chi connectivity index (χ0v) is 12.5. The quantitative estimate of drug-likeness (QED) is 0.687. The molecule has 3 aliphatic rings. The molecular weight excluding hydrogens is 264 g/mol. The molecule has 2 saturated carbocycles. The second kappa shape index (κ2) is 4.47. The van der Waals surface area contributed by atoms with Crippen molar-refractivity contribution in [3.8, 4) is 5.75 Å². The third kappa shape index (κ3) is 1.80. The molecule has 3 nitrogen and oxygen atoms in total. The van der Waals surface area contributed by atoms with E-state index in [0.717, 1.165) is 25.7 Å². The molecule has 3 N–H and O–H groups in total. The zero-order chi connectivity index (χ0) is 14.8. The largest absolute Gasteiger partial charge is 0.508 e. The summed E-state index contributed by atoms with van der Waals surface area (Å²) in [5.41, 5.74) is 2.30. The van der Waals surface area contributed by atoms with Gasteiger partial charge in [0.05, 0.1) is 12.2 Å². The Kier molecular flexibility index (Phi) is 2.89. The summed E-state index contributed by atoms with van der Waals surface area (Å²) in [6, 6.07) is 5.60. The highest BCUT2D eigenvalue weighted by molar-refractivity contribution is 5.40. The SMILES string of the molecule is C[C@]12C[C@H](O)C3c4ccc(O)cc4CCC3C1CC[C@@H]2O. The molecule has 3 aliphatic carbocycles. The highest BCUT2D eigenvalue weighted by atomic mass is 16.3. The lowest BCUT2D eigenvalue weighted by Crippen LogP contribution is -2.50. The number of aromatic hydroxyl groups is 1. The van der Waals surface area contributed by atoms with Gasteiger partial charge in [0.1, 0.15) is 5.75 Å². The Balaban J connectivity index is 1.76. The molecule has 114 valence electrons. The number of rotatable bonds is 0. The number of aliphatic hydroxyl groups is 2. The van der Waals surface area contributed by atoms with Crippen molar-refractivity contribution in [3.05, 3.63) is 29.3 Å². The van der Waals surface area contributed by atoms with E-state index in [4.69, 9.17) is 0 Å². The van der Waals surface area contributed by atoms with E-state index in [1.807, 2.05) is 12.1 Å². The summed E-state index contributed by atoms with van der Waals surface area (Å²) in [5, 5.41) is 30.8. The molecule has 21 heavy (non-hydrogen) atoms. The molecule has 0 bridgehead atoms. The number of hydrogen-bond acceptors (Lipinski definition) is 3. The molecule has 1 aromatic rings. The van der Waals surface area contributed by atoms with Crippen LogP contribution in [0.15, 0.2) is 18.2 Å². The lowest BCUT2D eigenvalue weighted by atomic mass is 9.54. The van der Waals surface area contributed by atoms with E-state index in [1.165, 1.54) is 11.1 Å². The van der Waals surface area contributed by atoms with Gasteiger partial charge in [0.2, 0.25) is 0 Å². The molecule has 0 aliphatic heterocycles. The summed E-state index contributed by atoms with van der Waals surface area (Å²) >= 11 is 0. The van der Waals surface area contributed by atoms with Crippen LogP contribution in [0.25, 0.3) is 0 Å². The average molecular weight is 288 g/mol. The predicted octanol–water partition coefficient (Wildman–Crippen LogP) is 2.58. The third-order valence-corrected chi connectivity index (χ3v) is 6.63. The van der Waals surface area contributed by atoms with Crippen LogP contribution in [0.2, 0.25) is 0 Å². The van der Waals surface area contributed by atoms with Crippen molar-refractivity contribution in [1.29, 1.82) is 0 Å². The van der Waals surface area contributed by atoms with Crippen LogP contribution in [-0.2, 0) is 6.42 Å². The Bertz CT molecular complexity index is 570. The van der Waals surface area contributed by atoms with Crippen LogP contribution >= 0.6 is 0 Å². The second-order valence-electron chi connectivity index (χ2n) is 7.59. The van der Waals surface area contributed by atoms with Crippen molar-refractivity contribution in [2.75, 3.05) is 0 Å². The molecule has 0 radical (unpaired) electrons. The monoisotopic (exact) mass is 288 g/mol. The predicted molar refractivity (Wildman–Crippen MR) is 80.1 cm³/mol. The van der Waals surface area contributed by atoms with E-state index in [9.17, 15) is 15.3 Å². The van der Waals surface area contributed by atoms with Crippen molar-refractivity contribution in [2.45, 2.75) is 57.2 Å². The van der Waals surface area contributed by atoms with Crippen LogP contribution in [0.4, 0.5) is 0 Å². The highest BCUT2D eigenvalue weighted by Crippen LogP contribution is 2.60. The van der Waals surface area contributed by atoms with Gasteiger partial charge in [0.25, 0.3) is 0 Å². The molecule has 0 amide bonds. The molecule has 0 spiro atoms. The van der Waals surface area contributed by atoms with Gasteiger partial charge in [-0.05, 0) is 72.6 Å². The van der Waals surface area contributed by atoms with E-state index >= 15 is 0 Å². The number of aryl methyl sites for hydroxylation is 1. The fraction of sp³-hybridized carbons (Fsp3) is 0.667. The molecular formula is C18H24O3. The molecule has 4 rings (SSSR count). The van der Waals surface area contributed by atoms with Gasteiger partial charge in [-0.25, -0.2) is 0 Å². The first-order chi connectivity index (χ1) is 10.0. The minimum absolute atomic E-state index is 0.116. The molecule has 2 fully saturated rings. The smallest absolute Gasteiger partial charge is 0.115 e. The number of benzene rings is 1. The van der Waals surface area contributed by atoms with Gasteiger partial charge in [-0.15, -0.1) is 0 Å². The van der Waals surface area contributed by atoms with Crippen molar-refractivity contribution in [1.82, 2.24) is 0 Å². The van der Waals surface area contributed by atoms with E-state index in [2.05, 4.69) is 6.92 Å². The van der Waals surface area contributed by atoms with Crippen LogP contribution in [0.5, 0.6) is 5.75 Å². The van der Waals surface area contributed by atoms with E-state index < -0.39 is 0 Å². The Hall–Kier alpha value is -1.06. The van der Waals surface area contributed by atoms with Gasteiger partial charge in [0.15, 0.2) is 0 Å². The average Bonchev–Trinajstić information content (AvgIpc) is 2.74. The number of phenols is 1. The first kappa shape index (κ1) is 13.6. The molecule has 3 heteroatoms. The molecule has 0 heterocycles. The number of fused-ring (bicyclic) bond motifs is 5. The minimum atomic E-state index is -0.382. The summed E-state index contributed by atoms with van der Waals surface area (Å²) in [5.74, 6) is 1.48. The molecule has 0 aromatic heterocycles. The molecule has 3 unspecified atom stereocenters. The van der Waals surface area contributed by atoms with Gasteiger partial charge >= 0.3 is 0 Å². The molecule has 1 aromatic carbocycles. The summed E-state index contributed by atoms with van der Waals surface area (Å²) in [4.78, 5) is 0. The van der Waals surface area contributed by atoms with Crippen LogP contribution in [0.3, 0.4) is 0 Å². The Labute approximate surface area is 125 Å². The van der Waals surface area contributed by atoms with Gasteiger partial charge in [-0.3, -0.25) is 0 Å². The minimum Gasteiger partial charge on any atom is -0.508 e. The van der Waals surface area contributed by atoms with Gasteiger partial charge < -0.3 is 15.3 Å². The van der Waals surface area contributed by atoms with Crippen molar-refractivity contribution in [3.63, 3.8) is 0 Å². The van der Waals surface area contributed by atoms with Crippen molar-refractivity contribution >= 4 is 0 Å². The lowest BCUT2D eigenvalue weighted by molar-refractivity contribution is -0.0798. The fourth-order valence-electron chi connectivity index (χ4n) is 5.62. The Morgan fingerprint density at radius 2 is 1.95 bits per heavy atom. The zero-order valence-electron chi connectivity index (χ0n) is 12.5. The van der Waals surface area contributed by atoms with Crippen molar-refractivity contribution in [2.24, 2.45) is 17.3 Å². The maximum atomic E-state index is 10.8. The van der Waals surface area contributed by atoms with Crippen LogP contribution < -0.4 is 0 Å². The first-order valence-electron chi connectivity index (χ1n) is 8.18. The maximum Gasteiger partial charge on any atom is 0.115 e. The molecule has 6 atom stereocenters. The van der Waals surface area contributed by atoms with E-state index in [-0.39, 0.29) is 23.5 Å². The highest BCUT2D eigenvalue weighted by Gasteiger charge is 2.57. The summed E-state index contributed by atoms with van der Waals surface area (Å²) in [7, 11) is 0. The van der Waals surface area contributed by atoms with Gasteiger partial charge in [-0.1, -0.05) is 13.0 Å². The van der Waals surface area contributed by atoms with E-state index in [1.54, 1.807) is 6.07 Å². The summed E-state index contributed by atoms with van der Waals surface area (Å²) in [6.07, 6.45) is 4.04. The van der Waals surface area contributed by atoms with Gasteiger partial charge in [0, 0.05) is 5.92 Å². The number of hydrogen-bond donors (Lipinski definition) is 3. The number of aliphatic hydroxyl groups excluding tert-OH is 2. The van der Waals surface area contributed by atoms with Crippen LogP contribution in [0.1, 0.15) is 49.7 Å². The molecule has 0 saturated heterocycles. The second-order valence-corrected chi connectivity index (χ2v) is 7.59. The Morgan fingerprint density at radius 1 is 1.14 bits per heavy atom. The standard InChI is InChI=1S/C18H24O3/c1-18-9-15(20)17-12-5-3-11(19)8-10(12)2-4-13(17)14(18)6-7-16(18)21/h3,5,8,13-17,19-21H,2,4,6-7,9H2,1H3/t13?,14?,15-,16-,17?,18-/m0/s1. The number of phenolic OH excluding ortho intramolecular Hbond substituents is 1.